The van der Waals surface area contributed by atoms with E-state index in [1.54, 1.807) is 19.1 Å². The number of aryl methyl sites for hydroxylation is 1. The Hall–Kier alpha value is -1.96. The molecule has 2 aromatic carbocycles. The van der Waals surface area contributed by atoms with Gasteiger partial charge in [-0.3, -0.25) is 14.9 Å². The molecule has 0 atom stereocenters. The number of nitrogens with zero attached hydrogens (tertiary/aromatic N) is 1. The zero-order chi connectivity index (χ0) is 14.7. The third-order valence-electron chi connectivity index (χ3n) is 2.62. The average molecular weight is 382 g/mol. The highest BCUT2D eigenvalue weighted by Crippen LogP contribution is 2.19. The van der Waals surface area contributed by atoms with Gasteiger partial charge >= 0.3 is 0 Å². The topological polar surface area (TPSA) is 72.2 Å². The molecule has 0 heterocycles. The SMILES string of the molecule is Cc1cc(C(=O)Nc2cccc(I)c2)cc([N+](=O)[O-])c1. The first kappa shape index (κ1) is 14.4. The van der Waals surface area contributed by atoms with Crippen molar-refractivity contribution >= 4 is 39.9 Å². The highest BCUT2D eigenvalue weighted by molar-refractivity contribution is 14.1. The molecule has 0 aromatic heterocycles. The molecule has 0 aliphatic rings. The van der Waals surface area contributed by atoms with Crippen LogP contribution in [0.4, 0.5) is 11.4 Å². The number of nitro benzene ring substituents is 1. The summed E-state index contributed by atoms with van der Waals surface area (Å²) in [5, 5.41) is 13.5. The summed E-state index contributed by atoms with van der Waals surface area (Å²) in [5.41, 5.74) is 1.52. The normalized spacial score (nSPS) is 10.1. The second-order valence-corrected chi connectivity index (χ2v) is 5.52. The maximum absolute atomic E-state index is 12.1. The van der Waals surface area contributed by atoms with Gasteiger partial charge in [0.15, 0.2) is 0 Å². The zero-order valence-corrected chi connectivity index (χ0v) is 12.7. The minimum Gasteiger partial charge on any atom is -0.322 e. The van der Waals surface area contributed by atoms with Crippen LogP contribution in [0.2, 0.25) is 0 Å². The largest absolute Gasteiger partial charge is 0.322 e. The Labute approximate surface area is 129 Å². The quantitative estimate of drug-likeness (QED) is 0.499. The van der Waals surface area contributed by atoms with Crippen LogP contribution in [0.5, 0.6) is 0 Å². The van der Waals surface area contributed by atoms with Crippen molar-refractivity contribution in [3.63, 3.8) is 0 Å². The van der Waals surface area contributed by atoms with Gasteiger partial charge < -0.3 is 5.32 Å². The lowest BCUT2D eigenvalue weighted by molar-refractivity contribution is -0.384. The lowest BCUT2D eigenvalue weighted by Crippen LogP contribution is -2.12. The van der Waals surface area contributed by atoms with E-state index in [1.807, 2.05) is 18.2 Å². The smallest absolute Gasteiger partial charge is 0.270 e. The molecule has 0 aliphatic heterocycles. The summed E-state index contributed by atoms with van der Waals surface area (Å²) in [6.07, 6.45) is 0. The molecule has 0 aliphatic carbocycles. The summed E-state index contributed by atoms with van der Waals surface area (Å²) in [6, 6.07) is 11.7. The second kappa shape index (κ2) is 6.00. The van der Waals surface area contributed by atoms with E-state index in [0.717, 1.165) is 3.57 Å². The van der Waals surface area contributed by atoms with Crippen LogP contribution in [0, 0.1) is 20.6 Å². The fourth-order valence-electron chi connectivity index (χ4n) is 1.77. The van der Waals surface area contributed by atoms with Gasteiger partial charge in [0.1, 0.15) is 0 Å². The van der Waals surface area contributed by atoms with E-state index in [4.69, 9.17) is 0 Å². The molecule has 6 heteroatoms. The molecule has 0 saturated heterocycles. The number of hydrogen-bond donors (Lipinski definition) is 1. The third-order valence-corrected chi connectivity index (χ3v) is 3.29. The molecule has 0 unspecified atom stereocenters. The van der Waals surface area contributed by atoms with E-state index >= 15 is 0 Å². The van der Waals surface area contributed by atoms with Crippen molar-refractivity contribution in [1.82, 2.24) is 0 Å². The highest BCUT2D eigenvalue weighted by Gasteiger charge is 2.13. The Morgan fingerprint density at radius 3 is 2.65 bits per heavy atom. The van der Waals surface area contributed by atoms with Crippen LogP contribution in [-0.4, -0.2) is 10.8 Å². The molecule has 0 spiro atoms. The van der Waals surface area contributed by atoms with Gasteiger partial charge in [0.05, 0.1) is 4.92 Å². The lowest BCUT2D eigenvalue weighted by Gasteiger charge is -2.06. The van der Waals surface area contributed by atoms with Crippen molar-refractivity contribution in [2.45, 2.75) is 6.92 Å². The number of benzene rings is 2. The van der Waals surface area contributed by atoms with E-state index in [9.17, 15) is 14.9 Å². The second-order valence-electron chi connectivity index (χ2n) is 4.28. The van der Waals surface area contributed by atoms with Crippen LogP contribution in [0.15, 0.2) is 42.5 Å². The van der Waals surface area contributed by atoms with E-state index in [0.29, 0.717) is 11.3 Å². The third kappa shape index (κ3) is 3.53. The van der Waals surface area contributed by atoms with Gasteiger partial charge in [-0.25, -0.2) is 0 Å². The molecule has 0 saturated carbocycles. The number of nitrogens with one attached hydrogen (secondary N) is 1. The standard InChI is InChI=1S/C14H11IN2O3/c1-9-5-10(7-13(6-9)17(19)20)14(18)16-12-4-2-3-11(15)8-12/h2-8H,1H3,(H,16,18). The predicted molar refractivity (Wildman–Crippen MR) is 84.9 cm³/mol. The summed E-state index contributed by atoms with van der Waals surface area (Å²) >= 11 is 2.15. The molecule has 20 heavy (non-hydrogen) atoms. The van der Waals surface area contributed by atoms with Crippen molar-refractivity contribution in [2.24, 2.45) is 0 Å². The first-order valence-electron chi connectivity index (χ1n) is 5.79. The van der Waals surface area contributed by atoms with Crippen molar-refractivity contribution < 1.29 is 9.72 Å². The number of nitro groups is 1. The molecule has 1 N–H and O–H groups in total. The molecule has 2 aromatic rings. The van der Waals surface area contributed by atoms with Gasteiger partial charge in [-0.15, -0.1) is 0 Å². The summed E-state index contributed by atoms with van der Waals surface area (Å²) in [7, 11) is 0. The first-order chi connectivity index (χ1) is 9.45. The Morgan fingerprint density at radius 2 is 2.00 bits per heavy atom. The van der Waals surface area contributed by atoms with Gasteiger partial charge in [0, 0.05) is 27.0 Å². The number of anilines is 1. The van der Waals surface area contributed by atoms with E-state index in [2.05, 4.69) is 27.9 Å². The van der Waals surface area contributed by atoms with Gasteiger partial charge in [-0.2, -0.15) is 0 Å². The minimum absolute atomic E-state index is 0.0854. The Morgan fingerprint density at radius 1 is 1.25 bits per heavy atom. The fourth-order valence-corrected chi connectivity index (χ4v) is 2.31. The summed E-state index contributed by atoms with van der Waals surface area (Å²) in [6.45, 7) is 1.72. The first-order valence-corrected chi connectivity index (χ1v) is 6.86. The van der Waals surface area contributed by atoms with Gasteiger partial charge in [0.2, 0.25) is 0 Å². The number of carbonyl (C=O) groups excluding carboxylic acids is 1. The Balaban J connectivity index is 2.27. The Kier molecular flexibility index (Phi) is 4.33. The van der Waals surface area contributed by atoms with Gasteiger partial charge in [-0.1, -0.05) is 6.07 Å². The van der Waals surface area contributed by atoms with Gasteiger partial charge in [0.25, 0.3) is 11.6 Å². The monoisotopic (exact) mass is 382 g/mol. The maximum atomic E-state index is 12.1. The molecular formula is C14H11IN2O3. The predicted octanol–water partition coefficient (Wildman–Crippen LogP) is 3.76. The molecule has 0 radical (unpaired) electrons. The number of non-ortho nitro benzene ring substituents is 1. The average Bonchev–Trinajstić information content (AvgIpc) is 2.37. The van der Waals surface area contributed by atoms with Crippen LogP contribution in [0.1, 0.15) is 15.9 Å². The number of hydrogen-bond acceptors (Lipinski definition) is 3. The van der Waals surface area contributed by atoms with E-state index < -0.39 is 4.92 Å². The highest BCUT2D eigenvalue weighted by atomic mass is 127. The summed E-state index contributed by atoms with van der Waals surface area (Å²) in [4.78, 5) is 22.4. The van der Waals surface area contributed by atoms with E-state index in [-0.39, 0.29) is 17.2 Å². The van der Waals surface area contributed by atoms with Crippen LogP contribution in [-0.2, 0) is 0 Å². The van der Waals surface area contributed by atoms with Crippen molar-refractivity contribution in [3.05, 3.63) is 67.3 Å². The van der Waals surface area contributed by atoms with Crippen molar-refractivity contribution in [2.75, 3.05) is 5.32 Å². The fraction of sp³-hybridized carbons (Fsp3) is 0.0714. The summed E-state index contributed by atoms with van der Waals surface area (Å²) in [5.74, 6) is -0.362. The zero-order valence-electron chi connectivity index (χ0n) is 10.6. The van der Waals surface area contributed by atoms with Crippen molar-refractivity contribution in [3.8, 4) is 0 Å². The van der Waals surface area contributed by atoms with Crippen LogP contribution in [0.3, 0.4) is 0 Å². The van der Waals surface area contributed by atoms with Crippen LogP contribution in [0.25, 0.3) is 0 Å². The molecule has 0 fully saturated rings. The Bertz CT molecular complexity index is 686. The molecule has 1 amide bonds. The maximum Gasteiger partial charge on any atom is 0.270 e. The number of rotatable bonds is 3. The summed E-state index contributed by atoms with van der Waals surface area (Å²) < 4.78 is 0.996. The molecular weight excluding hydrogens is 371 g/mol. The van der Waals surface area contributed by atoms with Crippen LogP contribution >= 0.6 is 22.6 Å². The van der Waals surface area contributed by atoms with Crippen molar-refractivity contribution in [1.29, 1.82) is 0 Å². The molecule has 102 valence electrons. The van der Waals surface area contributed by atoms with E-state index in [1.165, 1.54) is 12.1 Å². The van der Waals surface area contributed by atoms with Crippen LogP contribution < -0.4 is 5.32 Å². The minimum atomic E-state index is -0.505. The molecule has 2 rings (SSSR count). The lowest BCUT2D eigenvalue weighted by atomic mass is 10.1. The number of halogens is 1. The molecule has 0 bridgehead atoms. The van der Waals surface area contributed by atoms with Gasteiger partial charge in [-0.05, 0) is 59.3 Å². The molecule has 5 nitrogen and oxygen atoms in total. The number of amides is 1. The number of carbonyl (C=O) groups is 1.